The topological polar surface area (TPSA) is 98.6 Å². The van der Waals surface area contributed by atoms with Crippen LogP contribution in [0.15, 0.2) is 85.3 Å². The van der Waals surface area contributed by atoms with Crippen molar-refractivity contribution in [2.75, 3.05) is 24.4 Å². The number of ether oxygens (including phenoxy) is 2. The van der Waals surface area contributed by atoms with Gasteiger partial charge in [0, 0.05) is 30.1 Å². The summed E-state index contributed by atoms with van der Waals surface area (Å²) < 4.78 is 12.6. The van der Waals surface area contributed by atoms with Gasteiger partial charge < -0.3 is 19.7 Å². The van der Waals surface area contributed by atoms with Crippen LogP contribution in [-0.2, 0) is 9.59 Å². The molecule has 3 heterocycles. The molecule has 9 heteroatoms. The molecule has 2 aromatic carbocycles. The molecule has 37 heavy (non-hydrogen) atoms. The lowest BCUT2D eigenvalue weighted by Gasteiger charge is -2.41. The van der Waals surface area contributed by atoms with E-state index in [2.05, 4.69) is 15.4 Å². The molecule has 0 unspecified atom stereocenters. The first-order valence-electron chi connectivity index (χ1n) is 11.9. The number of nitrogens with one attached hydrogen (secondary N) is 1. The standard InChI is InChI=1S/C28H27N5O4/c1-36-21-11-9-20(10-12-21)33-26(34)15-13-23(27(33)22-6-3-4-7-24(22)37-2)28(35)31-19-8-14-25(29-18-19)32-17-5-16-30-32/h3-12,14,16-18,23,27H,13,15H2,1-2H3,(H,31,35)/t23-,27-/m1/s1. The highest BCUT2D eigenvalue weighted by atomic mass is 16.5. The van der Waals surface area contributed by atoms with E-state index < -0.39 is 12.0 Å². The van der Waals surface area contributed by atoms with Gasteiger partial charge >= 0.3 is 0 Å². The van der Waals surface area contributed by atoms with Crippen LogP contribution in [0.2, 0.25) is 0 Å². The zero-order valence-corrected chi connectivity index (χ0v) is 20.6. The molecule has 0 bridgehead atoms. The third kappa shape index (κ3) is 4.88. The Hall–Kier alpha value is -4.66. The Labute approximate surface area is 214 Å². The van der Waals surface area contributed by atoms with Crippen molar-refractivity contribution in [1.29, 1.82) is 0 Å². The lowest BCUT2D eigenvalue weighted by molar-refractivity contribution is -0.126. The van der Waals surface area contributed by atoms with Gasteiger partial charge in [0.1, 0.15) is 11.5 Å². The summed E-state index contributed by atoms with van der Waals surface area (Å²) in [7, 11) is 3.18. The maximum Gasteiger partial charge on any atom is 0.229 e. The molecular formula is C28H27N5O4. The van der Waals surface area contributed by atoms with E-state index in [1.807, 2.05) is 42.5 Å². The van der Waals surface area contributed by atoms with Crippen LogP contribution in [-0.4, -0.2) is 40.8 Å². The number of hydrogen-bond donors (Lipinski definition) is 1. The molecule has 1 fully saturated rings. The Bertz CT molecular complexity index is 1370. The summed E-state index contributed by atoms with van der Waals surface area (Å²) in [5, 5.41) is 7.17. The minimum Gasteiger partial charge on any atom is -0.497 e. The predicted octanol–water partition coefficient (Wildman–Crippen LogP) is 4.41. The van der Waals surface area contributed by atoms with Gasteiger partial charge in [-0.25, -0.2) is 9.67 Å². The fourth-order valence-corrected chi connectivity index (χ4v) is 4.72. The van der Waals surface area contributed by atoms with Crippen molar-refractivity contribution < 1.29 is 19.1 Å². The summed E-state index contributed by atoms with van der Waals surface area (Å²) in [4.78, 5) is 33.1. The van der Waals surface area contributed by atoms with Gasteiger partial charge in [0.2, 0.25) is 11.8 Å². The highest BCUT2D eigenvalue weighted by Gasteiger charge is 2.42. The van der Waals surface area contributed by atoms with Gasteiger partial charge in [-0.05, 0) is 55.0 Å². The van der Waals surface area contributed by atoms with E-state index in [1.54, 1.807) is 66.7 Å². The van der Waals surface area contributed by atoms with Gasteiger partial charge in [-0.2, -0.15) is 5.10 Å². The largest absolute Gasteiger partial charge is 0.497 e. The molecule has 4 aromatic rings. The first-order valence-corrected chi connectivity index (χ1v) is 11.9. The lowest BCUT2D eigenvalue weighted by Crippen LogP contribution is -2.47. The van der Waals surface area contributed by atoms with Gasteiger partial charge in [0.25, 0.3) is 0 Å². The Balaban J connectivity index is 1.49. The number of rotatable bonds is 7. The van der Waals surface area contributed by atoms with E-state index in [1.165, 1.54) is 0 Å². The Kier molecular flexibility index (Phi) is 6.85. The SMILES string of the molecule is COc1ccc(N2C(=O)CC[C@@H](C(=O)Nc3ccc(-n4cccn4)nc3)[C@H]2c2ccccc2OC)cc1. The molecule has 1 aliphatic heterocycles. The van der Waals surface area contributed by atoms with E-state index in [0.29, 0.717) is 35.1 Å². The molecule has 0 radical (unpaired) electrons. The summed E-state index contributed by atoms with van der Waals surface area (Å²) in [6.07, 6.45) is 5.72. The third-order valence-corrected chi connectivity index (χ3v) is 6.50. The van der Waals surface area contributed by atoms with Gasteiger partial charge in [0.15, 0.2) is 5.82 Å². The van der Waals surface area contributed by atoms with Crippen molar-refractivity contribution in [2.24, 2.45) is 5.92 Å². The van der Waals surface area contributed by atoms with Crippen molar-refractivity contribution in [3.8, 4) is 17.3 Å². The van der Waals surface area contributed by atoms with Gasteiger partial charge in [-0.15, -0.1) is 0 Å². The second kappa shape index (κ2) is 10.5. The van der Waals surface area contributed by atoms with Crippen molar-refractivity contribution in [3.63, 3.8) is 0 Å². The first kappa shape index (κ1) is 24.1. The third-order valence-electron chi connectivity index (χ3n) is 6.50. The fraction of sp³-hybridized carbons (Fsp3) is 0.214. The molecule has 1 saturated heterocycles. The zero-order chi connectivity index (χ0) is 25.8. The normalized spacial score (nSPS) is 17.4. The van der Waals surface area contributed by atoms with E-state index in [4.69, 9.17) is 9.47 Å². The molecule has 2 aromatic heterocycles. The number of amides is 2. The fourth-order valence-electron chi connectivity index (χ4n) is 4.72. The van der Waals surface area contributed by atoms with Crippen molar-refractivity contribution in [3.05, 3.63) is 90.9 Å². The number of piperidine rings is 1. The minimum atomic E-state index is -0.567. The van der Waals surface area contributed by atoms with E-state index in [0.717, 1.165) is 5.56 Å². The molecule has 0 spiro atoms. The second-order valence-corrected chi connectivity index (χ2v) is 8.64. The molecule has 1 N–H and O–H groups in total. The summed E-state index contributed by atoms with van der Waals surface area (Å²) >= 11 is 0. The highest BCUT2D eigenvalue weighted by molar-refractivity contribution is 6.00. The number of carbonyl (C=O) groups is 2. The molecule has 1 aliphatic rings. The average molecular weight is 498 g/mol. The van der Waals surface area contributed by atoms with Crippen LogP contribution in [0.3, 0.4) is 0 Å². The lowest BCUT2D eigenvalue weighted by atomic mass is 9.82. The summed E-state index contributed by atoms with van der Waals surface area (Å²) in [6.45, 7) is 0. The quantitative estimate of drug-likeness (QED) is 0.406. The van der Waals surface area contributed by atoms with Gasteiger partial charge in [-0.3, -0.25) is 9.59 Å². The predicted molar refractivity (Wildman–Crippen MR) is 139 cm³/mol. The molecule has 2 atom stereocenters. The van der Waals surface area contributed by atoms with E-state index >= 15 is 0 Å². The van der Waals surface area contributed by atoms with E-state index in [-0.39, 0.29) is 18.2 Å². The van der Waals surface area contributed by atoms with Gasteiger partial charge in [-0.1, -0.05) is 18.2 Å². The van der Waals surface area contributed by atoms with Crippen LogP contribution in [0, 0.1) is 5.92 Å². The number of aromatic nitrogens is 3. The second-order valence-electron chi connectivity index (χ2n) is 8.64. The highest BCUT2D eigenvalue weighted by Crippen LogP contribution is 2.43. The molecular weight excluding hydrogens is 470 g/mol. The number of benzene rings is 2. The maximum atomic E-state index is 13.7. The maximum absolute atomic E-state index is 13.7. The van der Waals surface area contributed by atoms with Crippen LogP contribution in [0.1, 0.15) is 24.4 Å². The van der Waals surface area contributed by atoms with Crippen molar-refractivity contribution in [2.45, 2.75) is 18.9 Å². The zero-order valence-electron chi connectivity index (χ0n) is 20.6. The van der Waals surface area contributed by atoms with Crippen molar-refractivity contribution in [1.82, 2.24) is 14.8 Å². The summed E-state index contributed by atoms with van der Waals surface area (Å²) in [5.74, 6) is 1.16. The number of methoxy groups -OCH3 is 2. The number of hydrogen-bond acceptors (Lipinski definition) is 6. The number of nitrogens with zero attached hydrogens (tertiary/aromatic N) is 4. The number of carbonyl (C=O) groups excluding carboxylic acids is 2. The average Bonchev–Trinajstić information content (AvgIpc) is 3.48. The number of anilines is 2. The number of pyridine rings is 1. The molecule has 188 valence electrons. The molecule has 0 saturated carbocycles. The number of para-hydroxylation sites is 1. The van der Waals surface area contributed by atoms with Gasteiger partial charge in [0.05, 0.1) is 38.1 Å². The van der Waals surface area contributed by atoms with Crippen LogP contribution in [0.4, 0.5) is 11.4 Å². The Morgan fingerprint density at radius 1 is 1.00 bits per heavy atom. The molecule has 9 nitrogen and oxygen atoms in total. The summed E-state index contributed by atoms with van der Waals surface area (Å²) in [5.41, 5.74) is 2.01. The first-order chi connectivity index (χ1) is 18.1. The Morgan fingerprint density at radius 3 is 2.49 bits per heavy atom. The molecule has 2 amide bonds. The molecule has 0 aliphatic carbocycles. The van der Waals surface area contributed by atoms with Crippen LogP contribution >= 0.6 is 0 Å². The van der Waals surface area contributed by atoms with Crippen LogP contribution in [0.25, 0.3) is 5.82 Å². The van der Waals surface area contributed by atoms with Crippen LogP contribution < -0.4 is 19.7 Å². The Morgan fingerprint density at radius 2 is 1.81 bits per heavy atom. The minimum absolute atomic E-state index is 0.0598. The summed E-state index contributed by atoms with van der Waals surface area (Å²) in [6, 6.07) is 19.6. The van der Waals surface area contributed by atoms with Crippen molar-refractivity contribution >= 4 is 23.2 Å². The molecule has 5 rings (SSSR count). The monoisotopic (exact) mass is 497 g/mol. The van der Waals surface area contributed by atoms with Crippen LogP contribution in [0.5, 0.6) is 11.5 Å². The smallest absolute Gasteiger partial charge is 0.229 e. The van der Waals surface area contributed by atoms with E-state index in [9.17, 15) is 9.59 Å².